The highest BCUT2D eigenvalue weighted by Gasteiger charge is 2.09. The summed E-state index contributed by atoms with van der Waals surface area (Å²) in [5, 5.41) is 2.93. The molecule has 0 radical (unpaired) electrons. The lowest BCUT2D eigenvalue weighted by Gasteiger charge is -2.08. The van der Waals surface area contributed by atoms with Crippen molar-refractivity contribution in [3.05, 3.63) is 58.9 Å². The van der Waals surface area contributed by atoms with Gasteiger partial charge in [-0.1, -0.05) is 23.7 Å². The van der Waals surface area contributed by atoms with Crippen LogP contribution >= 0.6 is 11.6 Å². The van der Waals surface area contributed by atoms with Crippen LogP contribution in [0.3, 0.4) is 0 Å². The number of halogens is 1. The van der Waals surface area contributed by atoms with E-state index in [4.69, 9.17) is 16.3 Å². The van der Waals surface area contributed by atoms with Crippen LogP contribution in [0.5, 0.6) is 5.75 Å². The molecule has 0 atom stereocenters. The molecule has 2 aromatic rings. The van der Waals surface area contributed by atoms with Crippen LogP contribution in [0.1, 0.15) is 15.9 Å². The summed E-state index contributed by atoms with van der Waals surface area (Å²) in [7, 11) is 0. The van der Waals surface area contributed by atoms with Gasteiger partial charge in [0, 0.05) is 6.20 Å². The van der Waals surface area contributed by atoms with E-state index in [1.807, 2.05) is 31.2 Å². The van der Waals surface area contributed by atoms with Crippen molar-refractivity contribution in [1.29, 1.82) is 0 Å². The van der Waals surface area contributed by atoms with E-state index in [1.165, 1.54) is 0 Å². The first-order valence-corrected chi connectivity index (χ1v) is 6.63. The van der Waals surface area contributed by atoms with Crippen LogP contribution in [0.2, 0.25) is 5.15 Å². The summed E-state index contributed by atoms with van der Waals surface area (Å²) in [5.41, 5.74) is 1.50. The van der Waals surface area contributed by atoms with Crippen molar-refractivity contribution in [2.24, 2.45) is 0 Å². The molecule has 0 aliphatic carbocycles. The highest BCUT2D eigenvalue weighted by Crippen LogP contribution is 2.12. The molecule has 0 spiro atoms. The Morgan fingerprint density at radius 2 is 2.20 bits per heavy atom. The van der Waals surface area contributed by atoms with Gasteiger partial charge in [-0.05, 0) is 36.8 Å². The van der Waals surface area contributed by atoms with Gasteiger partial charge in [0.2, 0.25) is 0 Å². The zero-order chi connectivity index (χ0) is 14.4. The van der Waals surface area contributed by atoms with Crippen LogP contribution in [0.4, 0.5) is 0 Å². The molecular formula is C15H15ClN2O2. The fourth-order valence-corrected chi connectivity index (χ4v) is 1.89. The first-order chi connectivity index (χ1) is 9.66. The number of benzene rings is 1. The van der Waals surface area contributed by atoms with Crippen molar-refractivity contribution in [3.8, 4) is 5.75 Å². The van der Waals surface area contributed by atoms with Gasteiger partial charge < -0.3 is 10.1 Å². The molecule has 2 rings (SSSR count). The smallest absolute Gasteiger partial charge is 0.254 e. The van der Waals surface area contributed by atoms with E-state index in [1.54, 1.807) is 18.3 Å². The molecule has 1 heterocycles. The summed E-state index contributed by atoms with van der Waals surface area (Å²) in [6.45, 7) is 2.80. The summed E-state index contributed by atoms with van der Waals surface area (Å²) in [5.74, 6) is 0.537. The molecule has 1 amide bonds. The minimum Gasteiger partial charge on any atom is -0.492 e. The number of hydrogen-bond donors (Lipinski definition) is 1. The second-order valence-electron chi connectivity index (χ2n) is 4.26. The number of amides is 1. The quantitative estimate of drug-likeness (QED) is 0.680. The van der Waals surface area contributed by atoms with Crippen LogP contribution in [0.15, 0.2) is 42.6 Å². The molecule has 0 unspecified atom stereocenters. The largest absolute Gasteiger partial charge is 0.492 e. The second-order valence-corrected chi connectivity index (χ2v) is 4.62. The van der Waals surface area contributed by atoms with Gasteiger partial charge in [0.15, 0.2) is 0 Å². The highest BCUT2D eigenvalue weighted by molar-refractivity contribution is 6.32. The SMILES string of the molecule is Cc1cccc(OCCNC(=O)c2cccnc2Cl)c1. The Kier molecular flexibility index (Phi) is 4.96. The van der Waals surface area contributed by atoms with E-state index in [0.29, 0.717) is 18.7 Å². The third kappa shape index (κ3) is 3.96. The molecule has 0 saturated heterocycles. The molecule has 104 valence electrons. The number of carbonyl (C=O) groups is 1. The summed E-state index contributed by atoms with van der Waals surface area (Å²) < 4.78 is 5.54. The minimum absolute atomic E-state index is 0.199. The molecule has 4 nitrogen and oxygen atoms in total. The topological polar surface area (TPSA) is 51.2 Å². The Bertz CT molecular complexity index is 602. The Morgan fingerprint density at radius 1 is 1.35 bits per heavy atom. The van der Waals surface area contributed by atoms with E-state index in [0.717, 1.165) is 11.3 Å². The molecule has 0 aliphatic rings. The lowest BCUT2D eigenvalue weighted by atomic mass is 10.2. The Hall–Kier alpha value is -2.07. The zero-order valence-corrected chi connectivity index (χ0v) is 11.9. The van der Waals surface area contributed by atoms with Gasteiger partial charge in [-0.25, -0.2) is 4.98 Å². The van der Waals surface area contributed by atoms with Gasteiger partial charge in [-0.3, -0.25) is 4.79 Å². The van der Waals surface area contributed by atoms with Crippen molar-refractivity contribution in [3.63, 3.8) is 0 Å². The van der Waals surface area contributed by atoms with Crippen molar-refractivity contribution in [2.45, 2.75) is 6.92 Å². The van der Waals surface area contributed by atoms with Crippen LogP contribution in [0.25, 0.3) is 0 Å². The molecule has 20 heavy (non-hydrogen) atoms. The molecule has 0 fully saturated rings. The molecule has 5 heteroatoms. The monoisotopic (exact) mass is 290 g/mol. The fraction of sp³-hybridized carbons (Fsp3) is 0.200. The van der Waals surface area contributed by atoms with E-state index in [9.17, 15) is 4.79 Å². The van der Waals surface area contributed by atoms with Crippen molar-refractivity contribution in [2.75, 3.05) is 13.2 Å². The zero-order valence-electron chi connectivity index (χ0n) is 11.1. The maximum Gasteiger partial charge on any atom is 0.254 e. The summed E-state index contributed by atoms with van der Waals surface area (Å²) in [6.07, 6.45) is 1.54. The maximum atomic E-state index is 11.8. The Labute approximate surface area is 122 Å². The Balaban J connectivity index is 1.79. The van der Waals surface area contributed by atoms with Gasteiger partial charge in [-0.2, -0.15) is 0 Å². The highest BCUT2D eigenvalue weighted by atomic mass is 35.5. The average molecular weight is 291 g/mol. The minimum atomic E-state index is -0.254. The number of rotatable bonds is 5. The second kappa shape index (κ2) is 6.91. The predicted octanol–water partition coefficient (Wildman–Crippen LogP) is 2.85. The van der Waals surface area contributed by atoms with Crippen molar-refractivity contribution >= 4 is 17.5 Å². The van der Waals surface area contributed by atoms with Crippen LogP contribution in [-0.2, 0) is 0 Å². The molecule has 0 saturated carbocycles. The molecule has 1 aromatic carbocycles. The standard InChI is InChI=1S/C15H15ClN2O2/c1-11-4-2-5-12(10-11)20-9-8-18-15(19)13-6-3-7-17-14(13)16/h2-7,10H,8-9H2,1H3,(H,18,19). The fourth-order valence-electron chi connectivity index (χ4n) is 1.69. The first-order valence-electron chi connectivity index (χ1n) is 6.25. The first kappa shape index (κ1) is 14.3. The number of pyridine rings is 1. The van der Waals surface area contributed by atoms with Gasteiger partial charge in [0.1, 0.15) is 17.5 Å². The third-order valence-electron chi connectivity index (χ3n) is 2.65. The number of hydrogen-bond acceptors (Lipinski definition) is 3. The number of nitrogens with zero attached hydrogens (tertiary/aromatic N) is 1. The lowest BCUT2D eigenvalue weighted by molar-refractivity contribution is 0.0947. The van der Waals surface area contributed by atoms with Gasteiger partial charge in [0.05, 0.1) is 12.1 Å². The average Bonchev–Trinajstić information content (AvgIpc) is 2.44. The van der Waals surface area contributed by atoms with Crippen LogP contribution in [0, 0.1) is 6.92 Å². The number of nitrogens with one attached hydrogen (secondary N) is 1. The van der Waals surface area contributed by atoms with Crippen molar-refractivity contribution < 1.29 is 9.53 Å². The molecule has 1 aromatic heterocycles. The van der Waals surface area contributed by atoms with Gasteiger partial charge in [0.25, 0.3) is 5.91 Å². The summed E-state index contributed by atoms with van der Waals surface area (Å²) in [6, 6.07) is 11.1. The number of carbonyl (C=O) groups excluding carboxylic acids is 1. The van der Waals surface area contributed by atoms with Crippen molar-refractivity contribution in [1.82, 2.24) is 10.3 Å². The molecule has 0 bridgehead atoms. The number of aryl methyl sites for hydroxylation is 1. The van der Waals surface area contributed by atoms with E-state index < -0.39 is 0 Å². The lowest BCUT2D eigenvalue weighted by Crippen LogP contribution is -2.28. The maximum absolute atomic E-state index is 11.8. The van der Waals surface area contributed by atoms with E-state index >= 15 is 0 Å². The summed E-state index contributed by atoms with van der Waals surface area (Å²) >= 11 is 5.84. The molecular weight excluding hydrogens is 276 g/mol. The third-order valence-corrected chi connectivity index (χ3v) is 2.95. The van der Waals surface area contributed by atoms with Gasteiger partial charge >= 0.3 is 0 Å². The normalized spacial score (nSPS) is 10.1. The number of ether oxygens (including phenoxy) is 1. The summed E-state index contributed by atoms with van der Waals surface area (Å²) in [4.78, 5) is 15.7. The van der Waals surface area contributed by atoms with Crippen LogP contribution in [-0.4, -0.2) is 24.0 Å². The predicted molar refractivity (Wildman–Crippen MR) is 78.3 cm³/mol. The van der Waals surface area contributed by atoms with E-state index in [-0.39, 0.29) is 11.1 Å². The number of aromatic nitrogens is 1. The molecule has 0 aliphatic heterocycles. The van der Waals surface area contributed by atoms with Crippen LogP contribution < -0.4 is 10.1 Å². The Morgan fingerprint density at radius 3 is 2.95 bits per heavy atom. The van der Waals surface area contributed by atoms with E-state index in [2.05, 4.69) is 10.3 Å². The molecule has 1 N–H and O–H groups in total. The van der Waals surface area contributed by atoms with Gasteiger partial charge in [-0.15, -0.1) is 0 Å².